The lowest BCUT2D eigenvalue weighted by atomic mass is 10.2. The van der Waals surface area contributed by atoms with Crippen LogP contribution in [0.4, 0.5) is 0 Å². The molecule has 3 unspecified atom stereocenters. The highest BCUT2D eigenvalue weighted by Gasteiger charge is 2.37. The van der Waals surface area contributed by atoms with E-state index in [1.165, 1.54) is 17.4 Å². The molecule has 0 aliphatic carbocycles. The van der Waals surface area contributed by atoms with Crippen LogP contribution in [0, 0.1) is 0 Å². The molecule has 1 fully saturated rings. The van der Waals surface area contributed by atoms with Gasteiger partial charge in [-0.1, -0.05) is 12.2 Å². The summed E-state index contributed by atoms with van der Waals surface area (Å²) < 4.78 is 17.6. The van der Waals surface area contributed by atoms with Crippen LogP contribution in [0.5, 0.6) is 0 Å². The van der Waals surface area contributed by atoms with Gasteiger partial charge in [0.05, 0.1) is 11.7 Å². The number of rotatable bonds is 8. The molecule has 9 nitrogen and oxygen atoms in total. The van der Waals surface area contributed by atoms with Gasteiger partial charge in [0.15, 0.2) is 6.29 Å². The quantitative estimate of drug-likeness (QED) is 0.397. The molecule has 0 saturated carbocycles. The maximum atomic E-state index is 11.9. The second kappa shape index (κ2) is 8.16. The number of ether oxygens (including phenoxy) is 1. The molecule has 1 aliphatic heterocycles. The van der Waals surface area contributed by atoms with E-state index in [4.69, 9.17) is 13.8 Å². The van der Waals surface area contributed by atoms with Crippen molar-refractivity contribution in [3.63, 3.8) is 0 Å². The minimum absolute atomic E-state index is 0.103. The maximum absolute atomic E-state index is 11.9. The van der Waals surface area contributed by atoms with Gasteiger partial charge in [-0.05, 0) is 19.8 Å². The van der Waals surface area contributed by atoms with Gasteiger partial charge in [-0.3, -0.25) is 19.1 Å². The van der Waals surface area contributed by atoms with E-state index in [0.717, 1.165) is 5.57 Å². The molecule has 0 radical (unpaired) electrons. The van der Waals surface area contributed by atoms with Crippen LogP contribution in [-0.2, 0) is 13.8 Å². The Hall–Kier alpha value is -1.64. The molecule has 10 heteroatoms. The van der Waals surface area contributed by atoms with Crippen LogP contribution in [0.1, 0.15) is 36.4 Å². The fraction of sp³-hybridized carbons (Fsp3) is 0.533. The first kappa shape index (κ1) is 19.7. The lowest BCUT2D eigenvalue weighted by molar-refractivity contribution is -0.0239. The van der Waals surface area contributed by atoms with E-state index in [-0.39, 0.29) is 24.9 Å². The molecule has 1 saturated heterocycles. The lowest BCUT2D eigenvalue weighted by Crippen LogP contribution is -2.34. The molecule has 25 heavy (non-hydrogen) atoms. The second-order valence-corrected chi connectivity index (χ2v) is 8.11. The van der Waals surface area contributed by atoms with Gasteiger partial charge in [0.2, 0.25) is 0 Å². The van der Waals surface area contributed by atoms with Crippen LogP contribution in [0.2, 0.25) is 0 Å². The third-order valence-electron chi connectivity index (χ3n) is 3.57. The molecule has 0 spiro atoms. The Morgan fingerprint density at radius 2 is 2.24 bits per heavy atom. The third kappa shape index (κ3) is 5.42. The van der Waals surface area contributed by atoms with Gasteiger partial charge >= 0.3 is 13.6 Å². The van der Waals surface area contributed by atoms with Crippen molar-refractivity contribution >= 4 is 14.2 Å². The number of H-pyrrole nitrogens is 1. The number of nitrogens with zero attached hydrogens (tertiary/aromatic N) is 1. The van der Waals surface area contributed by atoms with Crippen LogP contribution in [-0.4, -0.2) is 46.7 Å². The minimum atomic E-state index is -2.97. The number of hydrogen-bond acceptors (Lipinski definition) is 7. The molecule has 0 amide bonds. The van der Waals surface area contributed by atoms with Crippen LogP contribution in [0.25, 0.3) is 0 Å². The summed E-state index contributed by atoms with van der Waals surface area (Å²) in [5, 5.41) is 0. The predicted molar refractivity (Wildman–Crippen MR) is 91.6 cm³/mol. The number of hydrogen-bond donors (Lipinski definition) is 2. The fourth-order valence-electron chi connectivity index (χ4n) is 2.30. The van der Waals surface area contributed by atoms with E-state index >= 15 is 0 Å². The van der Waals surface area contributed by atoms with E-state index < -0.39 is 25.4 Å². The summed E-state index contributed by atoms with van der Waals surface area (Å²) >= 11 is 0. The molecule has 3 atom stereocenters. The number of carbonyl (C=O) groups excluding carboxylic acids is 1. The number of carbonyl (C=O) groups is 1. The van der Waals surface area contributed by atoms with Gasteiger partial charge in [-0.15, -0.1) is 0 Å². The molecule has 2 N–H and O–H groups in total. The van der Waals surface area contributed by atoms with Crippen LogP contribution >= 0.6 is 7.94 Å². The average molecular weight is 373 g/mol. The Morgan fingerprint density at radius 3 is 2.88 bits per heavy atom. The van der Waals surface area contributed by atoms with Crippen molar-refractivity contribution in [1.29, 1.82) is 0 Å². The Kier molecular flexibility index (Phi) is 6.42. The van der Waals surface area contributed by atoms with Crippen LogP contribution in [0.3, 0.4) is 0 Å². The van der Waals surface area contributed by atoms with Crippen LogP contribution < -0.4 is 11.2 Å². The van der Waals surface area contributed by atoms with Crippen molar-refractivity contribution in [2.45, 2.75) is 32.1 Å². The van der Waals surface area contributed by atoms with Gasteiger partial charge in [-0.25, -0.2) is 4.79 Å². The van der Waals surface area contributed by atoms with E-state index in [2.05, 4.69) is 11.6 Å². The van der Waals surface area contributed by atoms with Gasteiger partial charge in [-0.2, -0.15) is 13.9 Å². The number of aromatic amines is 1. The SMILES string of the molecule is C=C(C)CO[P+](C)(O)OCC1CCC(n2cc(C=O)c(=O)[nH]c2=O)O1. The van der Waals surface area contributed by atoms with E-state index in [1.807, 2.05) is 0 Å². The van der Waals surface area contributed by atoms with E-state index in [1.54, 1.807) is 6.92 Å². The normalized spacial score (nSPS) is 22.5. The number of aromatic nitrogens is 2. The highest BCUT2D eigenvalue weighted by atomic mass is 31.2. The first-order valence-corrected chi connectivity index (χ1v) is 9.73. The number of aldehydes is 1. The Balaban J connectivity index is 1.96. The van der Waals surface area contributed by atoms with Gasteiger partial charge in [0, 0.05) is 6.20 Å². The van der Waals surface area contributed by atoms with Crippen molar-refractivity contribution < 1.29 is 23.5 Å². The van der Waals surface area contributed by atoms with Crippen molar-refractivity contribution in [3.05, 3.63) is 44.8 Å². The van der Waals surface area contributed by atoms with Gasteiger partial charge < -0.3 is 4.74 Å². The monoisotopic (exact) mass is 373 g/mol. The first-order valence-electron chi connectivity index (χ1n) is 7.70. The molecule has 1 aliphatic rings. The fourth-order valence-corrected chi connectivity index (χ4v) is 3.28. The molecule has 2 heterocycles. The summed E-state index contributed by atoms with van der Waals surface area (Å²) in [4.78, 5) is 46.3. The van der Waals surface area contributed by atoms with Crippen molar-refractivity contribution in [2.75, 3.05) is 19.9 Å². The molecule has 0 aromatic carbocycles. The van der Waals surface area contributed by atoms with Crippen LogP contribution in [0.15, 0.2) is 27.9 Å². The molecule has 0 bridgehead atoms. The smallest absolute Gasteiger partial charge is 0.352 e. The molecule has 2 rings (SSSR count). The van der Waals surface area contributed by atoms with Gasteiger partial charge in [0.25, 0.3) is 5.56 Å². The largest absolute Gasteiger partial charge is 0.406 e. The summed E-state index contributed by atoms with van der Waals surface area (Å²) in [6, 6.07) is 0. The summed E-state index contributed by atoms with van der Waals surface area (Å²) in [6.07, 6.45) is 1.70. The highest BCUT2D eigenvalue weighted by Crippen LogP contribution is 2.53. The van der Waals surface area contributed by atoms with E-state index in [9.17, 15) is 19.3 Å². The van der Waals surface area contributed by atoms with Crippen molar-refractivity contribution in [2.24, 2.45) is 0 Å². The number of nitrogens with one attached hydrogen (secondary N) is 1. The summed E-state index contributed by atoms with van der Waals surface area (Å²) in [6.45, 7) is 7.25. The Morgan fingerprint density at radius 1 is 1.52 bits per heavy atom. The molecule has 1 aromatic heterocycles. The first-order chi connectivity index (χ1) is 11.7. The zero-order valence-corrected chi connectivity index (χ0v) is 15.0. The standard InChI is InChI=1S/C15H21N2O7P/c1-10(2)8-22-25(3,21)23-9-12-4-5-13(24-12)17-6-11(7-18)14(19)16-15(17)20/h6-7,12-13,21H,1,4-5,8-9H2,2-3H3/p+1. The van der Waals surface area contributed by atoms with Crippen molar-refractivity contribution in [1.82, 2.24) is 9.55 Å². The zero-order valence-electron chi connectivity index (χ0n) is 14.1. The summed E-state index contributed by atoms with van der Waals surface area (Å²) in [5.74, 6) is 0. The predicted octanol–water partition coefficient (Wildman–Crippen LogP) is 1.02. The average Bonchev–Trinajstić information content (AvgIpc) is 3.00. The Labute approximate surface area is 144 Å². The van der Waals surface area contributed by atoms with Gasteiger partial charge in [0.1, 0.15) is 26.1 Å². The third-order valence-corrected chi connectivity index (χ3v) is 4.80. The molecule has 138 valence electrons. The molecular weight excluding hydrogens is 351 g/mol. The minimum Gasteiger partial charge on any atom is -0.352 e. The van der Waals surface area contributed by atoms with Crippen molar-refractivity contribution in [3.8, 4) is 0 Å². The maximum Gasteiger partial charge on any atom is 0.406 e. The lowest BCUT2D eigenvalue weighted by Gasteiger charge is -2.17. The molecular formula is C15H22N2O7P+. The van der Waals surface area contributed by atoms with E-state index in [0.29, 0.717) is 19.1 Å². The summed E-state index contributed by atoms with van der Waals surface area (Å²) in [5.41, 5.74) is -0.759. The summed E-state index contributed by atoms with van der Waals surface area (Å²) in [7, 11) is -2.97. The highest BCUT2D eigenvalue weighted by molar-refractivity contribution is 7.59. The zero-order chi connectivity index (χ0) is 18.6. The molecule has 1 aromatic rings. The Bertz CT molecular complexity index is 755. The topological polar surface area (TPSA) is 120 Å². The second-order valence-electron chi connectivity index (χ2n) is 5.99.